The van der Waals surface area contributed by atoms with Crippen molar-refractivity contribution >= 4 is 15.7 Å². The van der Waals surface area contributed by atoms with E-state index in [-0.39, 0.29) is 5.75 Å². The minimum Gasteiger partial charge on any atom is -0.488 e. The average Bonchev–Trinajstić information content (AvgIpc) is 2.53. The van der Waals surface area contributed by atoms with E-state index in [0.717, 1.165) is 28.9 Å². The molecule has 0 fully saturated rings. The lowest BCUT2D eigenvalue weighted by molar-refractivity contribution is 0.302. The number of hydrogen-bond donors (Lipinski definition) is 1. The topological polar surface area (TPSA) is 55.4 Å². The van der Waals surface area contributed by atoms with Gasteiger partial charge >= 0.3 is 0 Å². The summed E-state index contributed by atoms with van der Waals surface area (Å²) in [5.41, 5.74) is 3.52. The highest BCUT2D eigenvalue weighted by atomic mass is 32.2. The molecule has 0 saturated carbocycles. The van der Waals surface area contributed by atoms with E-state index in [2.05, 4.69) is 4.72 Å². The van der Waals surface area contributed by atoms with E-state index in [1.807, 2.05) is 63.2 Å². The summed E-state index contributed by atoms with van der Waals surface area (Å²) in [6.45, 7) is 6.32. The van der Waals surface area contributed by atoms with Crippen molar-refractivity contribution < 1.29 is 13.2 Å². The second-order valence-electron chi connectivity index (χ2n) is 5.99. The molecule has 24 heavy (non-hydrogen) atoms. The third-order valence-corrected chi connectivity index (χ3v) is 5.10. The van der Waals surface area contributed by atoms with Crippen LogP contribution in [0.1, 0.15) is 36.5 Å². The highest BCUT2D eigenvalue weighted by Crippen LogP contribution is 2.28. The molecule has 1 N–H and O–H groups in total. The number of anilines is 1. The van der Waals surface area contributed by atoms with Crippen LogP contribution in [-0.4, -0.2) is 14.2 Å². The number of hydrogen-bond acceptors (Lipinski definition) is 3. The Morgan fingerprint density at radius 3 is 2.25 bits per heavy atom. The molecule has 0 aliphatic heterocycles. The van der Waals surface area contributed by atoms with Crippen molar-refractivity contribution in [3.8, 4) is 5.75 Å². The number of sulfonamides is 1. The molecule has 0 aliphatic rings. The number of ether oxygens (including phenoxy) is 1. The number of nitrogens with one attached hydrogen (secondary N) is 1. The lowest BCUT2D eigenvalue weighted by Gasteiger charge is -2.15. The van der Waals surface area contributed by atoms with Gasteiger partial charge in [0.05, 0.1) is 5.75 Å². The Balaban J connectivity index is 2.10. The summed E-state index contributed by atoms with van der Waals surface area (Å²) in [5, 5.41) is 0. The Hall–Kier alpha value is -2.01. The summed E-state index contributed by atoms with van der Waals surface area (Å²) in [4.78, 5) is 0. The Bertz CT molecular complexity index is 747. The molecule has 0 radical (unpaired) electrons. The molecule has 0 amide bonds. The van der Waals surface area contributed by atoms with Crippen LogP contribution in [0.3, 0.4) is 0 Å². The normalized spacial score (nSPS) is 11.3. The molecule has 2 aromatic carbocycles. The first kappa shape index (κ1) is 18.3. The standard InChI is InChI=1S/C19H25NO3S/c1-4-5-11-24(21,22)20-18-12-15(2)19(16(3)13-18)23-14-17-9-7-6-8-10-17/h6-10,12-13,20H,4-5,11,14H2,1-3H3. The summed E-state index contributed by atoms with van der Waals surface area (Å²) in [6, 6.07) is 13.6. The first-order valence-electron chi connectivity index (χ1n) is 8.19. The molecule has 0 aromatic heterocycles. The van der Waals surface area contributed by atoms with Crippen molar-refractivity contribution in [2.75, 3.05) is 10.5 Å². The number of aryl methyl sites for hydroxylation is 2. The van der Waals surface area contributed by atoms with Gasteiger partial charge in [-0.25, -0.2) is 8.42 Å². The molecule has 4 nitrogen and oxygen atoms in total. The minimum absolute atomic E-state index is 0.147. The number of benzene rings is 2. The summed E-state index contributed by atoms with van der Waals surface area (Å²) in [6.07, 6.45) is 1.51. The fourth-order valence-corrected chi connectivity index (χ4v) is 3.78. The third kappa shape index (κ3) is 5.27. The highest BCUT2D eigenvalue weighted by Gasteiger charge is 2.12. The van der Waals surface area contributed by atoms with E-state index < -0.39 is 10.0 Å². The second-order valence-corrected chi connectivity index (χ2v) is 7.83. The van der Waals surface area contributed by atoms with Crippen LogP contribution in [0, 0.1) is 13.8 Å². The van der Waals surface area contributed by atoms with Crippen LogP contribution in [-0.2, 0) is 16.6 Å². The first-order valence-corrected chi connectivity index (χ1v) is 9.85. The summed E-state index contributed by atoms with van der Waals surface area (Å²) in [5.74, 6) is 0.948. The van der Waals surface area contributed by atoms with E-state index in [9.17, 15) is 8.42 Å². The molecule has 130 valence electrons. The molecule has 0 bridgehead atoms. The lowest BCUT2D eigenvalue weighted by Crippen LogP contribution is -2.16. The molecule has 0 atom stereocenters. The molecular formula is C19H25NO3S. The van der Waals surface area contributed by atoms with Crippen LogP contribution in [0.15, 0.2) is 42.5 Å². The maximum atomic E-state index is 12.0. The van der Waals surface area contributed by atoms with Gasteiger partial charge in [0, 0.05) is 5.69 Å². The molecule has 0 spiro atoms. The zero-order valence-electron chi connectivity index (χ0n) is 14.5. The van der Waals surface area contributed by atoms with Gasteiger partial charge in [-0.05, 0) is 49.1 Å². The first-order chi connectivity index (χ1) is 11.4. The Morgan fingerprint density at radius 1 is 1.04 bits per heavy atom. The predicted molar refractivity (Wildman–Crippen MR) is 99.0 cm³/mol. The van der Waals surface area contributed by atoms with Crippen molar-refractivity contribution in [2.24, 2.45) is 0 Å². The Labute approximate surface area is 144 Å². The molecule has 5 heteroatoms. The quantitative estimate of drug-likeness (QED) is 0.769. The summed E-state index contributed by atoms with van der Waals surface area (Å²) >= 11 is 0. The zero-order chi connectivity index (χ0) is 17.6. The van der Waals surface area contributed by atoms with Gasteiger partial charge in [-0.1, -0.05) is 43.7 Å². The van der Waals surface area contributed by atoms with Crippen molar-refractivity contribution in [1.29, 1.82) is 0 Å². The number of rotatable bonds is 8. The van der Waals surface area contributed by atoms with Gasteiger partial charge in [-0.2, -0.15) is 0 Å². The zero-order valence-corrected chi connectivity index (χ0v) is 15.3. The van der Waals surface area contributed by atoms with Gasteiger partial charge in [-0.3, -0.25) is 4.72 Å². The van der Waals surface area contributed by atoms with E-state index in [0.29, 0.717) is 18.7 Å². The molecular weight excluding hydrogens is 322 g/mol. The largest absolute Gasteiger partial charge is 0.488 e. The second kappa shape index (κ2) is 8.20. The monoisotopic (exact) mass is 347 g/mol. The number of unbranched alkanes of at least 4 members (excludes halogenated alkanes) is 1. The maximum Gasteiger partial charge on any atom is 0.232 e. The van der Waals surface area contributed by atoms with Crippen molar-refractivity contribution in [2.45, 2.75) is 40.2 Å². The van der Waals surface area contributed by atoms with Crippen molar-refractivity contribution in [3.05, 3.63) is 59.2 Å². The lowest BCUT2D eigenvalue weighted by atomic mass is 10.1. The van der Waals surface area contributed by atoms with Gasteiger partial charge in [0.2, 0.25) is 10.0 Å². The molecule has 0 saturated heterocycles. The van der Waals surface area contributed by atoms with Crippen LogP contribution in [0.2, 0.25) is 0 Å². The molecule has 2 aromatic rings. The smallest absolute Gasteiger partial charge is 0.232 e. The molecule has 0 aliphatic carbocycles. The van der Waals surface area contributed by atoms with Gasteiger partial charge < -0.3 is 4.74 Å². The maximum absolute atomic E-state index is 12.0. The van der Waals surface area contributed by atoms with Gasteiger partial charge in [-0.15, -0.1) is 0 Å². The fourth-order valence-electron chi connectivity index (χ4n) is 2.53. The average molecular weight is 347 g/mol. The SMILES string of the molecule is CCCCS(=O)(=O)Nc1cc(C)c(OCc2ccccc2)c(C)c1. The molecule has 0 heterocycles. The summed E-state index contributed by atoms with van der Waals surface area (Å²) in [7, 11) is -3.29. The minimum atomic E-state index is -3.29. The highest BCUT2D eigenvalue weighted by molar-refractivity contribution is 7.92. The van der Waals surface area contributed by atoms with Crippen LogP contribution < -0.4 is 9.46 Å². The third-order valence-electron chi connectivity index (χ3n) is 3.73. The Kier molecular flexibility index (Phi) is 6.26. The van der Waals surface area contributed by atoms with Crippen LogP contribution >= 0.6 is 0 Å². The predicted octanol–water partition coefficient (Wildman–Crippen LogP) is 4.42. The van der Waals surface area contributed by atoms with E-state index in [1.165, 1.54) is 0 Å². The van der Waals surface area contributed by atoms with Crippen molar-refractivity contribution in [1.82, 2.24) is 0 Å². The fraction of sp³-hybridized carbons (Fsp3) is 0.368. The molecule has 2 rings (SSSR count). The Morgan fingerprint density at radius 2 is 1.67 bits per heavy atom. The van der Waals surface area contributed by atoms with Crippen molar-refractivity contribution in [3.63, 3.8) is 0 Å². The van der Waals surface area contributed by atoms with Crippen LogP contribution in [0.4, 0.5) is 5.69 Å². The summed E-state index contributed by atoms with van der Waals surface area (Å²) < 4.78 is 32.6. The van der Waals surface area contributed by atoms with Gasteiger partial charge in [0.15, 0.2) is 0 Å². The molecule has 0 unspecified atom stereocenters. The van der Waals surface area contributed by atoms with Gasteiger partial charge in [0.25, 0.3) is 0 Å². The van der Waals surface area contributed by atoms with E-state index in [1.54, 1.807) is 0 Å². The van der Waals surface area contributed by atoms with E-state index >= 15 is 0 Å². The van der Waals surface area contributed by atoms with Crippen LogP contribution in [0.5, 0.6) is 5.75 Å². The van der Waals surface area contributed by atoms with E-state index in [4.69, 9.17) is 4.74 Å². The van der Waals surface area contributed by atoms with Gasteiger partial charge in [0.1, 0.15) is 12.4 Å². The van der Waals surface area contributed by atoms with Crippen LogP contribution in [0.25, 0.3) is 0 Å².